The summed E-state index contributed by atoms with van der Waals surface area (Å²) in [5.41, 5.74) is 2.19. The summed E-state index contributed by atoms with van der Waals surface area (Å²) in [6.07, 6.45) is 3.04. The first-order valence-corrected chi connectivity index (χ1v) is 10.6. The Balaban J connectivity index is 1.94. The predicted molar refractivity (Wildman–Crippen MR) is 109 cm³/mol. The Morgan fingerprint density at radius 3 is 2.48 bits per heavy atom. The van der Waals surface area contributed by atoms with Crippen molar-refractivity contribution in [1.29, 1.82) is 0 Å². The van der Waals surface area contributed by atoms with E-state index in [9.17, 15) is 17.6 Å². The van der Waals surface area contributed by atoms with E-state index in [1.54, 1.807) is 37.4 Å². The van der Waals surface area contributed by atoms with Crippen molar-refractivity contribution in [2.45, 2.75) is 24.0 Å². The van der Waals surface area contributed by atoms with E-state index in [1.807, 2.05) is 13.0 Å². The summed E-state index contributed by atoms with van der Waals surface area (Å²) in [4.78, 5) is 16.7. The number of nitrogens with zero attached hydrogens (tertiary/aromatic N) is 1. The van der Waals surface area contributed by atoms with Crippen molar-refractivity contribution in [2.75, 3.05) is 6.54 Å². The number of carbonyl (C=O) groups is 1. The number of aromatic nitrogens is 1. The maximum atomic E-state index is 13.5. The highest BCUT2D eigenvalue weighted by atomic mass is 32.2. The highest BCUT2D eigenvalue weighted by Gasteiger charge is 2.31. The quantitative estimate of drug-likeness (QED) is 0.668. The Hall–Kier alpha value is -3.06. The summed E-state index contributed by atoms with van der Waals surface area (Å²) in [5.74, 6) is -0.928. The summed E-state index contributed by atoms with van der Waals surface area (Å²) in [7, 11) is -3.81. The molecule has 150 valence electrons. The molecule has 0 aliphatic carbocycles. The Morgan fingerprint density at radius 1 is 1.10 bits per heavy atom. The van der Waals surface area contributed by atoms with E-state index in [-0.39, 0.29) is 17.0 Å². The molecule has 0 aliphatic heterocycles. The molecule has 3 rings (SSSR count). The third kappa shape index (κ3) is 4.68. The van der Waals surface area contributed by atoms with Gasteiger partial charge in [-0.05, 0) is 66.9 Å². The maximum absolute atomic E-state index is 13.5. The summed E-state index contributed by atoms with van der Waals surface area (Å²) < 4.78 is 40.0. The largest absolute Gasteiger partial charge is 0.350 e. The van der Waals surface area contributed by atoms with Crippen molar-refractivity contribution in [3.8, 4) is 0 Å². The van der Waals surface area contributed by atoms with Gasteiger partial charge in [0.1, 0.15) is 11.1 Å². The molecule has 0 bridgehead atoms. The van der Waals surface area contributed by atoms with E-state index in [2.05, 4.69) is 10.3 Å². The van der Waals surface area contributed by atoms with E-state index >= 15 is 0 Å². The van der Waals surface area contributed by atoms with Gasteiger partial charge < -0.3 is 5.32 Å². The van der Waals surface area contributed by atoms with Gasteiger partial charge in [0.15, 0.2) is 9.84 Å². The second-order valence-corrected chi connectivity index (χ2v) is 8.90. The monoisotopic (exact) mass is 412 g/mol. The van der Waals surface area contributed by atoms with E-state index in [0.717, 1.165) is 5.56 Å². The molecular weight excluding hydrogens is 391 g/mol. The van der Waals surface area contributed by atoms with Crippen molar-refractivity contribution in [3.63, 3.8) is 0 Å². The molecule has 1 N–H and O–H groups in total. The maximum Gasteiger partial charge on any atom is 0.251 e. The molecule has 1 atom stereocenters. The molecule has 1 aromatic heterocycles. The fourth-order valence-electron chi connectivity index (χ4n) is 3.03. The molecule has 3 aromatic rings. The topological polar surface area (TPSA) is 76.1 Å². The average Bonchev–Trinajstić information content (AvgIpc) is 2.71. The number of rotatable bonds is 6. The fourth-order valence-corrected chi connectivity index (χ4v) is 5.00. The van der Waals surface area contributed by atoms with Gasteiger partial charge in [-0.15, -0.1) is 0 Å². The molecule has 2 aromatic carbocycles. The van der Waals surface area contributed by atoms with Crippen LogP contribution >= 0.6 is 0 Å². The van der Waals surface area contributed by atoms with Crippen LogP contribution in [0.1, 0.15) is 32.3 Å². The lowest BCUT2D eigenvalue weighted by molar-refractivity contribution is 0.0953. The first-order valence-electron chi connectivity index (χ1n) is 9.04. The normalized spacial score (nSPS) is 12.4. The molecule has 0 saturated carbocycles. The summed E-state index contributed by atoms with van der Waals surface area (Å²) in [5, 5.41) is 1.65. The molecule has 1 heterocycles. The van der Waals surface area contributed by atoms with Gasteiger partial charge in [-0.25, -0.2) is 12.8 Å². The average molecular weight is 412 g/mol. The van der Waals surface area contributed by atoms with E-state index in [0.29, 0.717) is 11.1 Å². The van der Waals surface area contributed by atoms with Crippen LogP contribution in [0.4, 0.5) is 4.39 Å². The van der Waals surface area contributed by atoms with Crippen LogP contribution in [0.25, 0.3) is 0 Å². The predicted octanol–water partition coefficient (Wildman–Crippen LogP) is 3.78. The van der Waals surface area contributed by atoms with E-state index in [4.69, 9.17) is 0 Å². The fraction of sp³-hybridized carbons (Fsp3) is 0.182. The molecule has 0 radical (unpaired) electrons. The second-order valence-electron chi connectivity index (χ2n) is 6.81. The van der Waals surface area contributed by atoms with Crippen molar-refractivity contribution < 1.29 is 17.6 Å². The summed E-state index contributed by atoms with van der Waals surface area (Å²) in [6, 6.07) is 13.6. The van der Waals surface area contributed by atoms with Gasteiger partial charge >= 0.3 is 0 Å². The summed E-state index contributed by atoms with van der Waals surface area (Å²) >= 11 is 0. The Morgan fingerprint density at radius 2 is 1.83 bits per heavy atom. The molecule has 29 heavy (non-hydrogen) atoms. The van der Waals surface area contributed by atoms with Gasteiger partial charge in [0.25, 0.3) is 5.91 Å². The molecule has 5 nitrogen and oxygen atoms in total. The zero-order valence-electron chi connectivity index (χ0n) is 16.1. The van der Waals surface area contributed by atoms with E-state index < -0.39 is 26.8 Å². The van der Waals surface area contributed by atoms with Gasteiger partial charge in [0.05, 0.1) is 4.90 Å². The lowest BCUT2D eigenvalue weighted by Crippen LogP contribution is -2.32. The van der Waals surface area contributed by atoms with E-state index in [1.165, 1.54) is 30.5 Å². The SMILES string of the molecule is Cc1ccc(C)c(S(=O)(=O)[C@@H](CNC(=O)c2ccc(F)cc2)c2cccnc2)c1. The smallest absolute Gasteiger partial charge is 0.251 e. The third-order valence-electron chi connectivity index (χ3n) is 4.64. The number of aryl methyl sites for hydroxylation is 2. The Kier molecular flexibility index (Phi) is 6.08. The third-order valence-corrected chi connectivity index (χ3v) is 6.88. The molecule has 0 unspecified atom stereocenters. The van der Waals surface area contributed by atoms with Crippen LogP contribution in [0.5, 0.6) is 0 Å². The molecule has 7 heteroatoms. The highest BCUT2D eigenvalue weighted by Crippen LogP contribution is 2.30. The second kappa shape index (κ2) is 8.53. The molecule has 1 amide bonds. The van der Waals surface area contributed by atoms with Crippen LogP contribution in [-0.2, 0) is 9.84 Å². The lowest BCUT2D eigenvalue weighted by atomic mass is 10.2. The van der Waals surface area contributed by atoms with Crippen LogP contribution in [0.2, 0.25) is 0 Å². The first kappa shape index (κ1) is 20.7. The minimum Gasteiger partial charge on any atom is -0.350 e. The van der Waals surface area contributed by atoms with Gasteiger partial charge in [0.2, 0.25) is 0 Å². The number of benzene rings is 2. The van der Waals surface area contributed by atoms with Crippen molar-refractivity contribution >= 4 is 15.7 Å². The van der Waals surface area contributed by atoms with Gasteiger partial charge in [-0.1, -0.05) is 18.2 Å². The van der Waals surface area contributed by atoms with Gasteiger partial charge in [-0.3, -0.25) is 9.78 Å². The van der Waals surface area contributed by atoms with Crippen LogP contribution in [0.3, 0.4) is 0 Å². The molecule has 0 spiro atoms. The molecular formula is C22H21FN2O3S. The minimum absolute atomic E-state index is 0.141. The summed E-state index contributed by atoms with van der Waals surface area (Å²) in [6.45, 7) is 3.43. The van der Waals surface area contributed by atoms with Gasteiger partial charge in [-0.2, -0.15) is 0 Å². The molecule has 0 aliphatic rings. The van der Waals surface area contributed by atoms with Crippen molar-refractivity contribution in [2.24, 2.45) is 0 Å². The van der Waals surface area contributed by atoms with Crippen molar-refractivity contribution in [3.05, 3.63) is 95.1 Å². The minimum atomic E-state index is -3.81. The van der Waals surface area contributed by atoms with Gasteiger partial charge in [0, 0.05) is 24.5 Å². The number of amides is 1. The molecule has 0 fully saturated rings. The van der Waals surface area contributed by atoms with Crippen LogP contribution in [0, 0.1) is 19.7 Å². The lowest BCUT2D eigenvalue weighted by Gasteiger charge is -2.20. The zero-order valence-corrected chi connectivity index (χ0v) is 16.9. The number of nitrogens with one attached hydrogen (secondary N) is 1. The Bertz CT molecular complexity index is 1110. The number of carbonyl (C=O) groups excluding carboxylic acids is 1. The standard InChI is InChI=1S/C22H21FN2O3S/c1-15-5-6-16(2)20(12-15)29(27,28)21(18-4-3-11-24-13-18)14-25-22(26)17-7-9-19(23)10-8-17/h3-13,21H,14H2,1-2H3,(H,25,26)/t21-/m0/s1. The van der Waals surface area contributed by atoms with Crippen LogP contribution < -0.4 is 5.32 Å². The highest BCUT2D eigenvalue weighted by molar-refractivity contribution is 7.91. The number of hydrogen-bond acceptors (Lipinski definition) is 4. The zero-order chi connectivity index (χ0) is 21.0. The van der Waals surface area contributed by atoms with Crippen molar-refractivity contribution in [1.82, 2.24) is 10.3 Å². The number of halogens is 1. The Labute approximate surface area is 169 Å². The number of pyridine rings is 1. The molecule has 0 saturated heterocycles. The number of hydrogen-bond donors (Lipinski definition) is 1. The first-order chi connectivity index (χ1) is 13.8. The van der Waals surface area contributed by atoms with Crippen LogP contribution in [0.15, 0.2) is 71.9 Å². The number of sulfone groups is 1. The van der Waals surface area contributed by atoms with Crippen LogP contribution in [-0.4, -0.2) is 25.9 Å².